The van der Waals surface area contributed by atoms with E-state index in [0.717, 1.165) is 0 Å². The van der Waals surface area contributed by atoms with E-state index in [2.05, 4.69) is 25.9 Å². The summed E-state index contributed by atoms with van der Waals surface area (Å²) in [5.41, 5.74) is -2.97. The normalized spacial score (nSPS) is 12.3. The molecule has 0 aliphatic rings. The molecule has 0 spiro atoms. The molecule has 2 rings (SSSR count). The summed E-state index contributed by atoms with van der Waals surface area (Å²) in [6.45, 7) is 5.36. The molecule has 0 fully saturated rings. The van der Waals surface area contributed by atoms with Gasteiger partial charge in [0.15, 0.2) is 0 Å². The topological polar surface area (TPSA) is 44.2 Å². The number of benzene rings is 1. The van der Waals surface area contributed by atoms with Crippen LogP contribution in [-0.4, -0.2) is 23.2 Å². The maximum atomic E-state index is 14.8. The second kappa shape index (κ2) is 7.21. The fourth-order valence-corrected chi connectivity index (χ4v) is 3.92. The van der Waals surface area contributed by atoms with Crippen molar-refractivity contribution < 1.29 is 17.8 Å². The smallest absolute Gasteiger partial charge is 0.330 e. The lowest BCUT2D eigenvalue weighted by Gasteiger charge is -2.26. The summed E-state index contributed by atoms with van der Waals surface area (Å²) in [7, 11) is -2.37. The van der Waals surface area contributed by atoms with Crippen molar-refractivity contribution >= 4 is 35.2 Å². The number of hydrogen-bond donors (Lipinski definition) is 0. The summed E-state index contributed by atoms with van der Waals surface area (Å²) in [5, 5.41) is 0.689. The number of halogens is 3. The fraction of sp³-hybridized carbons (Fsp3) is 0.429. The molecule has 8 heteroatoms. The van der Waals surface area contributed by atoms with Gasteiger partial charge in [-0.3, -0.25) is 0 Å². The van der Waals surface area contributed by atoms with Crippen LogP contribution in [0.25, 0.3) is 10.9 Å². The second-order valence-electron chi connectivity index (χ2n) is 4.44. The average molecular weight is 393 g/mol. The van der Waals surface area contributed by atoms with Gasteiger partial charge in [0, 0.05) is 21.6 Å². The Hall–Kier alpha value is -0.750. The molecule has 0 N–H and O–H groups in total. The van der Waals surface area contributed by atoms with Crippen LogP contribution in [0.3, 0.4) is 0 Å². The van der Waals surface area contributed by atoms with Crippen LogP contribution in [0.1, 0.15) is 25.2 Å². The van der Waals surface area contributed by atoms with Crippen LogP contribution < -0.4 is 0 Å². The molecule has 0 atom stereocenters. The lowest BCUT2D eigenvalue weighted by Crippen LogP contribution is -2.15. The van der Waals surface area contributed by atoms with Gasteiger partial charge in [0.25, 0.3) is 8.38 Å². The van der Waals surface area contributed by atoms with Crippen LogP contribution in [0.15, 0.2) is 22.8 Å². The van der Waals surface area contributed by atoms with Crippen molar-refractivity contribution in [2.24, 2.45) is 0 Å². The van der Waals surface area contributed by atoms with Crippen LogP contribution in [-0.2, 0) is 14.7 Å². The molecule has 0 saturated heterocycles. The SMILES string of the molecule is CCOP(OCC)C(F)(F)c1cc2nc(C)ncc2cc1Br. The Bertz CT molecular complexity index is 667. The van der Waals surface area contributed by atoms with E-state index in [1.165, 1.54) is 6.07 Å². The van der Waals surface area contributed by atoms with Crippen LogP contribution in [0.5, 0.6) is 0 Å². The minimum absolute atomic E-state index is 0.160. The predicted octanol–water partition coefficient (Wildman–Crippen LogP) is 5.13. The summed E-state index contributed by atoms with van der Waals surface area (Å²) in [4.78, 5) is 8.27. The number of alkyl halides is 2. The van der Waals surface area contributed by atoms with Gasteiger partial charge < -0.3 is 9.05 Å². The molecule has 0 aliphatic carbocycles. The van der Waals surface area contributed by atoms with Crippen LogP contribution in [0, 0.1) is 6.92 Å². The van der Waals surface area contributed by atoms with E-state index in [1.54, 1.807) is 33.0 Å². The summed E-state index contributed by atoms with van der Waals surface area (Å²) >= 11 is 3.21. The monoisotopic (exact) mass is 392 g/mol. The maximum Gasteiger partial charge on any atom is 0.341 e. The molecule has 120 valence electrons. The minimum atomic E-state index is -3.24. The highest BCUT2D eigenvalue weighted by atomic mass is 79.9. The van der Waals surface area contributed by atoms with E-state index in [0.29, 0.717) is 16.7 Å². The highest BCUT2D eigenvalue weighted by molar-refractivity contribution is 9.10. The predicted molar refractivity (Wildman–Crippen MR) is 86.0 cm³/mol. The zero-order valence-corrected chi connectivity index (χ0v) is 14.9. The van der Waals surface area contributed by atoms with Crippen molar-refractivity contribution in [3.05, 3.63) is 34.2 Å². The second-order valence-corrected chi connectivity index (χ2v) is 6.89. The third kappa shape index (κ3) is 3.59. The van der Waals surface area contributed by atoms with Gasteiger partial charge in [0.1, 0.15) is 5.82 Å². The average Bonchev–Trinajstić information content (AvgIpc) is 2.46. The molecule has 0 saturated carbocycles. The summed E-state index contributed by atoms with van der Waals surface area (Å²) < 4.78 is 40.1. The number of fused-ring (bicyclic) bond motifs is 1. The van der Waals surface area contributed by atoms with Crippen molar-refractivity contribution in [2.75, 3.05) is 13.2 Å². The van der Waals surface area contributed by atoms with E-state index in [4.69, 9.17) is 9.05 Å². The Morgan fingerprint density at radius 1 is 1.23 bits per heavy atom. The number of rotatable bonds is 6. The first-order valence-corrected chi connectivity index (χ1v) is 8.74. The molecule has 4 nitrogen and oxygen atoms in total. The van der Waals surface area contributed by atoms with Gasteiger partial charge in [0.2, 0.25) is 0 Å². The van der Waals surface area contributed by atoms with Crippen LogP contribution in [0.4, 0.5) is 8.78 Å². The van der Waals surface area contributed by atoms with Crippen molar-refractivity contribution in [1.82, 2.24) is 9.97 Å². The molecule has 0 radical (unpaired) electrons. The van der Waals surface area contributed by atoms with Gasteiger partial charge in [0.05, 0.1) is 18.7 Å². The number of aryl methyl sites for hydroxylation is 1. The van der Waals surface area contributed by atoms with Crippen molar-refractivity contribution in [2.45, 2.75) is 26.4 Å². The zero-order chi connectivity index (χ0) is 16.3. The molecular formula is C14H16BrF2N2O2P. The first-order chi connectivity index (χ1) is 10.4. The van der Waals surface area contributed by atoms with E-state index in [9.17, 15) is 8.78 Å². The Labute approximate surface area is 137 Å². The van der Waals surface area contributed by atoms with Gasteiger partial charge >= 0.3 is 5.66 Å². The Morgan fingerprint density at radius 3 is 2.45 bits per heavy atom. The van der Waals surface area contributed by atoms with Gasteiger partial charge in [-0.15, -0.1) is 0 Å². The van der Waals surface area contributed by atoms with Crippen molar-refractivity contribution in [3.63, 3.8) is 0 Å². The lowest BCUT2D eigenvalue weighted by molar-refractivity contribution is 0.0565. The molecule has 0 unspecified atom stereocenters. The third-order valence-electron chi connectivity index (χ3n) is 2.84. The van der Waals surface area contributed by atoms with Crippen molar-refractivity contribution in [3.8, 4) is 0 Å². The minimum Gasteiger partial charge on any atom is -0.330 e. The molecule has 0 bridgehead atoms. The highest BCUT2D eigenvalue weighted by Crippen LogP contribution is 2.61. The Morgan fingerprint density at radius 2 is 1.86 bits per heavy atom. The number of hydrogen-bond acceptors (Lipinski definition) is 4. The first kappa shape index (κ1) is 17.6. The van der Waals surface area contributed by atoms with E-state index < -0.39 is 14.0 Å². The van der Waals surface area contributed by atoms with Gasteiger partial charge in [-0.1, -0.05) is 15.9 Å². The molecular weight excluding hydrogens is 377 g/mol. The summed E-state index contributed by atoms with van der Waals surface area (Å²) in [6, 6.07) is 2.95. The number of nitrogens with zero attached hydrogens (tertiary/aromatic N) is 2. The summed E-state index contributed by atoms with van der Waals surface area (Å²) in [6.07, 6.45) is 1.61. The maximum absolute atomic E-state index is 14.8. The number of aromatic nitrogens is 2. The third-order valence-corrected chi connectivity index (χ3v) is 5.18. The molecule has 0 amide bonds. The molecule has 1 aromatic carbocycles. The van der Waals surface area contributed by atoms with E-state index in [-0.39, 0.29) is 23.2 Å². The van der Waals surface area contributed by atoms with Crippen molar-refractivity contribution in [1.29, 1.82) is 0 Å². The van der Waals surface area contributed by atoms with Crippen LogP contribution >= 0.6 is 24.3 Å². The van der Waals surface area contributed by atoms with E-state index >= 15 is 0 Å². The molecule has 1 heterocycles. The first-order valence-electron chi connectivity index (χ1n) is 6.77. The lowest BCUT2D eigenvalue weighted by atomic mass is 10.1. The fourth-order valence-electron chi connectivity index (χ4n) is 1.91. The largest absolute Gasteiger partial charge is 0.341 e. The van der Waals surface area contributed by atoms with E-state index in [1.807, 2.05) is 0 Å². The van der Waals surface area contributed by atoms with Gasteiger partial charge in [-0.25, -0.2) is 9.97 Å². The standard InChI is InChI=1S/C14H16BrF2N2O2P/c1-4-20-22(21-5-2)14(16,17)11-7-13-10(6-12(11)15)8-18-9(3)19-13/h6-8H,4-5H2,1-3H3. The molecule has 22 heavy (non-hydrogen) atoms. The van der Waals surface area contributed by atoms with Gasteiger partial charge in [-0.05, 0) is 32.9 Å². The van der Waals surface area contributed by atoms with Gasteiger partial charge in [-0.2, -0.15) is 8.78 Å². The Balaban J connectivity index is 2.52. The van der Waals surface area contributed by atoms with Crippen LogP contribution in [0.2, 0.25) is 0 Å². The quantitative estimate of drug-likeness (QED) is 0.638. The molecule has 2 aromatic rings. The zero-order valence-electron chi connectivity index (χ0n) is 12.4. The molecule has 0 aliphatic heterocycles. The molecule has 1 aromatic heterocycles. The highest BCUT2D eigenvalue weighted by Gasteiger charge is 2.46. The summed E-state index contributed by atoms with van der Waals surface area (Å²) in [5.74, 6) is 0.529. The Kier molecular flexibility index (Phi) is 5.77.